The minimum absolute atomic E-state index is 0.0618. The van der Waals surface area contributed by atoms with E-state index in [1.165, 1.54) is 0 Å². The van der Waals surface area contributed by atoms with E-state index in [4.69, 9.17) is 28.0 Å². The minimum atomic E-state index is -1.51. The third-order valence-electron chi connectivity index (χ3n) is 5.47. The van der Waals surface area contributed by atoms with Gasteiger partial charge in [-0.1, -0.05) is 20.3 Å². The second-order valence-electron chi connectivity index (χ2n) is 8.35. The van der Waals surface area contributed by atoms with E-state index in [1.54, 1.807) is 13.8 Å². The van der Waals surface area contributed by atoms with E-state index >= 15 is 0 Å². The summed E-state index contributed by atoms with van der Waals surface area (Å²) in [7, 11) is 0. The smallest absolute Gasteiger partial charge is 0.328 e. The molecule has 14 nitrogen and oxygen atoms in total. The number of nitrogens with two attached hydrogens (primary N) is 4. The van der Waals surface area contributed by atoms with E-state index in [0.29, 0.717) is 38.8 Å². The number of aliphatic imine (C=N–C) groups is 1. The largest absolute Gasteiger partial charge is 0.480 e. The van der Waals surface area contributed by atoms with Crippen LogP contribution in [0.2, 0.25) is 0 Å². The zero-order valence-electron chi connectivity index (χ0n) is 20.5. The van der Waals surface area contributed by atoms with Crippen molar-refractivity contribution in [3.05, 3.63) is 0 Å². The summed E-state index contributed by atoms with van der Waals surface area (Å²) in [6, 6.07) is -4.47. The van der Waals surface area contributed by atoms with Crippen molar-refractivity contribution in [1.29, 1.82) is 0 Å². The Bertz CT molecular complexity index is 716. The molecule has 0 aromatic rings. The Balaban J connectivity index is 5.38. The number of carbonyl (C=O) groups is 4. The number of aliphatic carboxylic acids is 1. The summed E-state index contributed by atoms with van der Waals surface area (Å²) in [6.07, 6.45) is 2.67. The SMILES string of the molecule is CCC(C)C(NC(=O)C(CCCCN)NC(=O)C(N)CCCN=C(N)N)C(=O)NC(CO)C(=O)O. The number of unbranched alkanes of at least 4 members (excludes halogenated alkanes) is 1. The van der Waals surface area contributed by atoms with Crippen LogP contribution in [0.3, 0.4) is 0 Å². The van der Waals surface area contributed by atoms with E-state index in [9.17, 15) is 24.3 Å². The minimum Gasteiger partial charge on any atom is -0.480 e. The molecule has 3 amide bonds. The van der Waals surface area contributed by atoms with Crippen LogP contribution in [0.25, 0.3) is 0 Å². The third kappa shape index (κ3) is 12.9. The fourth-order valence-corrected chi connectivity index (χ4v) is 3.09. The molecule has 202 valence electrons. The average molecular weight is 503 g/mol. The molecule has 35 heavy (non-hydrogen) atoms. The number of carboxylic acid groups (broad SMARTS) is 1. The van der Waals surface area contributed by atoms with E-state index in [1.807, 2.05) is 0 Å². The molecule has 0 aromatic heterocycles. The maximum atomic E-state index is 13.1. The quantitative estimate of drug-likeness (QED) is 0.0523. The van der Waals surface area contributed by atoms with Crippen LogP contribution in [0.15, 0.2) is 4.99 Å². The number of carboxylic acids is 1. The summed E-state index contributed by atoms with van der Waals surface area (Å²) in [4.78, 5) is 53.4. The number of rotatable bonds is 18. The normalized spacial score (nSPS) is 15.1. The van der Waals surface area contributed by atoms with Gasteiger partial charge in [0, 0.05) is 6.54 Å². The van der Waals surface area contributed by atoms with Gasteiger partial charge < -0.3 is 49.1 Å². The van der Waals surface area contributed by atoms with Crippen LogP contribution in [0.4, 0.5) is 0 Å². The summed E-state index contributed by atoms with van der Waals surface area (Å²) >= 11 is 0. The number of guanidine groups is 1. The first-order chi connectivity index (χ1) is 16.5. The molecular weight excluding hydrogens is 460 g/mol. The van der Waals surface area contributed by atoms with Gasteiger partial charge in [-0.2, -0.15) is 0 Å². The predicted molar refractivity (Wildman–Crippen MR) is 131 cm³/mol. The van der Waals surface area contributed by atoms with Gasteiger partial charge in [0.1, 0.15) is 18.1 Å². The Morgan fingerprint density at radius 3 is 2.06 bits per heavy atom. The number of aliphatic hydroxyl groups is 1. The lowest BCUT2D eigenvalue weighted by molar-refractivity contribution is -0.143. The van der Waals surface area contributed by atoms with Gasteiger partial charge in [-0.3, -0.25) is 19.4 Å². The highest BCUT2D eigenvalue weighted by molar-refractivity contribution is 5.94. The molecule has 0 saturated heterocycles. The molecule has 0 saturated carbocycles. The van der Waals surface area contributed by atoms with Gasteiger partial charge in [-0.15, -0.1) is 0 Å². The number of nitrogens with one attached hydrogen (secondary N) is 3. The number of hydrogen-bond donors (Lipinski definition) is 9. The van der Waals surface area contributed by atoms with Gasteiger partial charge in [-0.05, 0) is 44.6 Å². The second kappa shape index (κ2) is 17.5. The highest BCUT2D eigenvalue weighted by Gasteiger charge is 2.32. The van der Waals surface area contributed by atoms with Crippen LogP contribution in [0.5, 0.6) is 0 Å². The van der Waals surface area contributed by atoms with Crippen molar-refractivity contribution in [3.8, 4) is 0 Å². The van der Waals surface area contributed by atoms with Crippen molar-refractivity contribution in [1.82, 2.24) is 16.0 Å². The first kappa shape index (κ1) is 32.0. The lowest BCUT2D eigenvalue weighted by Crippen LogP contribution is -2.59. The third-order valence-corrected chi connectivity index (χ3v) is 5.47. The molecule has 13 N–H and O–H groups in total. The monoisotopic (exact) mass is 502 g/mol. The molecule has 0 aromatic carbocycles. The van der Waals surface area contributed by atoms with Crippen LogP contribution in [-0.4, -0.2) is 83.7 Å². The van der Waals surface area contributed by atoms with Gasteiger partial charge in [0.15, 0.2) is 5.96 Å². The average Bonchev–Trinajstić information content (AvgIpc) is 2.81. The van der Waals surface area contributed by atoms with E-state index in [2.05, 4.69) is 20.9 Å². The first-order valence-corrected chi connectivity index (χ1v) is 11.7. The van der Waals surface area contributed by atoms with Crippen molar-refractivity contribution in [3.63, 3.8) is 0 Å². The predicted octanol–water partition coefficient (Wildman–Crippen LogP) is -2.93. The zero-order chi connectivity index (χ0) is 27.0. The molecule has 5 unspecified atom stereocenters. The molecule has 0 bridgehead atoms. The van der Waals surface area contributed by atoms with Crippen LogP contribution in [0.1, 0.15) is 52.4 Å². The van der Waals surface area contributed by atoms with Crippen LogP contribution in [-0.2, 0) is 19.2 Å². The van der Waals surface area contributed by atoms with Gasteiger partial charge in [0.25, 0.3) is 0 Å². The number of carbonyl (C=O) groups excluding carboxylic acids is 3. The zero-order valence-corrected chi connectivity index (χ0v) is 20.5. The molecule has 0 fully saturated rings. The van der Waals surface area contributed by atoms with Gasteiger partial charge in [0.2, 0.25) is 17.7 Å². The Morgan fingerprint density at radius 2 is 1.54 bits per heavy atom. The van der Waals surface area contributed by atoms with Crippen LogP contribution in [0, 0.1) is 5.92 Å². The number of aliphatic hydroxyl groups excluding tert-OH is 1. The van der Waals surface area contributed by atoms with Crippen molar-refractivity contribution in [2.75, 3.05) is 19.7 Å². The molecular formula is C21H42N8O6. The number of nitrogens with zero attached hydrogens (tertiary/aromatic N) is 1. The second-order valence-corrected chi connectivity index (χ2v) is 8.35. The Hall–Kier alpha value is -2.97. The lowest BCUT2D eigenvalue weighted by Gasteiger charge is -2.28. The van der Waals surface area contributed by atoms with Crippen molar-refractivity contribution in [2.24, 2.45) is 33.8 Å². The molecule has 0 spiro atoms. The highest BCUT2D eigenvalue weighted by Crippen LogP contribution is 2.10. The van der Waals surface area contributed by atoms with Crippen LogP contribution < -0.4 is 38.9 Å². The van der Waals surface area contributed by atoms with Crippen LogP contribution >= 0.6 is 0 Å². The Kier molecular flexibility index (Phi) is 16.0. The summed E-state index contributed by atoms with van der Waals surface area (Å²) in [5, 5.41) is 25.8. The van der Waals surface area contributed by atoms with Gasteiger partial charge in [-0.25, -0.2) is 4.79 Å². The summed E-state index contributed by atoms with van der Waals surface area (Å²) in [5.74, 6) is -3.73. The molecule has 0 radical (unpaired) electrons. The number of amides is 3. The maximum absolute atomic E-state index is 13.1. The standard InChI is InChI=1S/C21H42N8O6/c1-3-12(2)16(19(33)28-15(11-30)20(34)35)29-18(32)14(8-4-5-9-22)27-17(31)13(23)7-6-10-26-21(24)25/h12-16,30H,3-11,22-23H2,1-2H3,(H,27,31)(H,28,33)(H,29,32)(H,34,35)(H4,24,25,26). The molecule has 0 rings (SSSR count). The topological polar surface area (TPSA) is 261 Å². The maximum Gasteiger partial charge on any atom is 0.328 e. The Labute approximate surface area is 205 Å². The van der Waals surface area contributed by atoms with Gasteiger partial charge >= 0.3 is 5.97 Å². The number of hydrogen-bond acceptors (Lipinski definition) is 8. The Morgan fingerprint density at radius 1 is 0.914 bits per heavy atom. The van der Waals surface area contributed by atoms with E-state index in [-0.39, 0.29) is 24.7 Å². The molecule has 0 heterocycles. The molecule has 14 heteroatoms. The van der Waals surface area contributed by atoms with Crippen molar-refractivity contribution in [2.45, 2.75) is 76.5 Å². The van der Waals surface area contributed by atoms with E-state index < -0.39 is 54.5 Å². The first-order valence-electron chi connectivity index (χ1n) is 11.7. The lowest BCUT2D eigenvalue weighted by atomic mass is 9.97. The van der Waals surface area contributed by atoms with E-state index in [0.717, 1.165) is 0 Å². The molecule has 0 aliphatic carbocycles. The van der Waals surface area contributed by atoms with Crippen molar-refractivity contribution < 1.29 is 29.4 Å². The fourth-order valence-electron chi connectivity index (χ4n) is 3.09. The summed E-state index contributed by atoms with van der Waals surface area (Å²) in [6.45, 7) is 3.43. The molecule has 0 aliphatic heterocycles. The molecule has 0 aliphatic rings. The van der Waals surface area contributed by atoms with Crippen molar-refractivity contribution >= 4 is 29.7 Å². The molecule has 5 atom stereocenters. The van der Waals surface area contributed by atoms with Gasteiger partial charge in [0.05, 0.1) is 12.6 Å². The summed E-state index contributed by atoms with van der Waals surface area (Å²) in [5.41, 5.74) is 22.0. The highest BCUT2D eigenvalue weighted by atomic mass is 16.4. The summed E-state index contributed by atoms with van der Waals surface area (Å²) < 4.78 is 0. The fraction of sp³-hybridized carbons (Fsp3) is 0.762.